The Morgan fingerprint density at radius 1 is 0.364 bits per heavy atom. The topological polar surface area (TPSA) is 51.8 Å². The summed E-state index contributed by atoms with van der Waals surface area (Å²) >= 11 is 0. The van der Waals surface area contributed by atoms with E-state index in [1.807, 2.05) is 48.5 Å². The zero-order valence-corrected chi connectivity index (χ0v) is 29.6. The molecule has 4 heteroatoms. The number of fused-ring (bicyclic) bond motifs is 8. The standard InChI is InChI=1S/C51H31N3O/c1-3-13-32(14-4-1)44-31-45(54-51(53-44)35-15-5-2-6-16-35)33-23-25-34(26-24-33)49-48-42-21-11-12-22-47(42)55-50(48)41-28-27-37(30-46(41)52-49)43-29-36-17-7-8-18-38(36)39-19-9-10-20-40(39)43/h1-31H. The van der Waals surface area contributed by atoms with Crippen molar-refractivity contribution in [1.29, 1.82) is 0 Å². The fourth-order valence-electron chi connectivity index (χ4n) is 8.00. The summed E-state index contributed by atoms with van der Waals surface area (Å²) in [4.78, 5) is 15.5. The van der Waals surface area contributed by atoms with Gasteiger partial charge in [0.15, 0.2) is 5.82 Å². The van der Waals surface area contributed by atoms with E-state index in [0.717, 1.165) is 77.7 Å². The van der Waals surface area contributed by atoms with Gasteiger partial charge in [-0.2, -0.15) is 0 Å². The lowest BCUT2D eigenvalue weighted by atomic mass is 9.92. The fourth-order valence-corrected chi connectivity index (χ4v) is 8.00. The molecular weight excluding hydrogens is 671 g/mol. The maximum Gasteiger partial charge on any atom is 0.160 e. The predicted octanol–water partition coefficient (Wildman–Crippen LogP) is 13.6. The molecule has 0 spiro atoms. The van der Waals surface area contributed by atoms with E-state index in [1.165, 1.54) is 27.1 Å². The molecule has 4 nitrogen and oxygen atoms in total. The van der Waals surface area contributed by atoms with Gasteiger partial charge in [-0.15, -0.1) is 0 Å². The second-order valence-electron chi connectivity index (χ2n) is 14.0. The van der Waals surface area contributed by atoms with Crippen LogP contribution in [0.3, 0.4) is 0 Å². The Balaban J connectivity index is 1.08. The summed E-state index contributed by atoms with van der Waals surface area (Å²) in [5, 5.41) is 7.98. The number of rotatable bonds is 5. The highest BCUT2D eigenvalue weighted by Crippen LogP contribution is 2.42. The van der Waals surface area contributed by atoms with E-state index in [2.05, 4.69) is 140 Å². The van der Waals surface area contributed by atoms with E-state index in [4.69, 9.17) is 19.4 Å². The Morgan fingerprint density at radius 2 is 0.945 bits per heavy atom. The lowest BCUT2D eigenvalue weighted by Gasteiger charge is -2.13. The van der Waals surface area contributed by atoms with Crippen molar-refractivity contribution in [3.63, 3.8) is 0 Å². The predicted molar refractivity (Wildman–Crippen MR) is 227 cm³/mol. The maximum absolute atomic E-state index is 6.65. The first-order valence-electron chi connectivity index (χ1n) is 18.5. The van der Waals surface area contributed by atoms with Gasteiger partial charge in [0.05, 0.1) is 28.0 Å². The van der Waals surface area contributed by atoms with Gasteiger partial charge in [-0.3, -0.25) is 0 Å². The van der Waals surface area contributed by atoms with Gasteiger partial charge < -0.3 is 4.42 Å². The van der Waals surface area contributed by atoms with Crippen LogP contribution >= 0.6 is 0 Å². The Hall–Kier alpha value is -7.43. The Labute approximate surface area is 317 Å². The molecule has 3 aromatic heterocycles. The minimum atomic E-state index is 0.693. The fraction of sp³-hybridized carbons (Fsp3) is 0. The molecule has 3 heterocycles. The minimum absolute atomic E-state index is 0.693. The summed E-state index contributed by atoms with van der Waals surface area (Å²) in [6, 6.07) is 65.5. The van der Waals surface area contributed by atoms with Crippen LogP contribution in [-0.4, -0.2) is 15.0 Å². The molecule has 55 heavy (non-hydrogen) atoms. The summed E-state index contributed by atoms with van der Waals surface area (Å²) in [6.07, 6.45) is 0. The molecule has 0 aliphatic heterocycles. The van der Waals surface area contributed by atoms with Crippen LogP contribution in [0.5, 0.6) is 0 Å². The first kappa shape index (κ1) is 31.1. The number of nitrogens with zero attached hydrogens (tertiary/aromatic N) is 3. The highest BCUT2D eigenvalue weighted by molar-refractivity contribution is 6.20. The Bertz CT molecular complexity index is 3180. The number of furan rings is 1. The SMILES string of the molecule is c1ccc(-c2cc(-c3ccc(-c4nc5cc(-c6cc7ccccc7c7ccccc67)ccc5c5oc6ccccc6c45)cc3)nc(-c3ccccc3)n2)cc1. The van der Waals surface area contributed by atoms with E-state index >= 15 is 0 Å². The van der Waals surface area contributed by atoms with Gasteiger partial charge in [-0.05, 0) is 63.0 Å². The number of para-hydroxylation sites is 1. The molecule has 0 saturated carbocycles. The van der Waals surface area contributed by atoms with Crippen LogP contribution < -0.4 is 0 Å². The van der Waals surface area contributed by atoms with Crippen LogP contribution in [0, 0.1) is 0 Å². The van der Waals surface area contributed by atoms with Gasteiger partial charge in [0.25, 0.3) is 0 Å². The van der Waals surface area contributed by atoms with E-state index in [-0.39, 0.29) is 0 Å². The molecule has 256 valence electrons. The summed E-state index contributed by atoms with van der Waals surface area (Å²) in [5.74, 6) is 0.693. The van der Waals surface area contributed by atoms with Crippen LogP contribution in [0.1, 0.15) is 0 Å². The monoisotopic (exact) mass is 701 g/mol. The average molecular weight is 702 g/mol. The van der Waals surface area contributed by atoms with E-state index in [0.29, 0.717) is 5.82 Å². The van der Waals surface area contributed by atoms with Crippen LogP contribution in [0.4, 0.5) is 0 Å². The molecule has 0 radical (unpaired) electrons. The quantitative estimate of drug-likeness (QED) is 0.168. The van der Waals surface area contributed by atoms with Gasteiger partial charge in [0.1, 0.15) is 11.2 Å². The molecule has 8 aromatic carbocycles. The van der Waals surface area contributed by atoms with Crippen LogP contribution in [0.15, 0.2) is 192 Å². The van der Waals surface area contributed by atoms with E-state index in [9.17, 15) is 0 Å². The minimum Gasteiger partial charge on any atom is -0.455 e. The molecule has 0 aliphatic rings. The molecule has 0 atom stereocenters. The lowest BCUT2D eigenvalue weighted by molar-refractivity contribution is 0.672. The Morgan fingerprint density at radius 3 is 1.71 bits per heavy atom. The molecule has 11 rings (SSSR count). The molecule has 0 saturated heterocycles. The summed E-state index contributed by atoms with van der Waals surface area (Å²) in [5.41, 5.74) is 11.5. The third-order valence-corrected chi connectivity index (χ3v) is 10.7. The van der Waals surface area contributed by atoms with Crippen molar-refractivity contribution >= 4 is 54.4 Å². The van der Waals surface area contributed by atoms with Crippen molar-refractivity contribution in [2.24, 2.45) is 0 Å². The highest BCUT2D eigenvalue weighted by Gasteiger charge is 2.19. The number of pyridine rings is 1. The van der Waals surface area contributed by atoms with Gasteiger partial charge in [0.2, 0.25) is 0 Å². The van der Waals surface area contributed by atoms with Crippen molar-refractivity contribution < 1.29 is 4.42 Å². The third kappa shape index (κ3) is 5.26. The van der Waals surface area contributed by atoms with Gasteiger partial charge >= 0.3 is 0 Å². The summed E-state index contributed by atoms with van der Waals surface area (Å²) in [6.45, 7) is 0. The number of aromatic nitrogens is 3. The van der Waals surface area contributed by atoms with Crippen molar-refractivity contribution in [2.75, 3.05) is 0 Å². The smallest absolute Gasteiger partial charge is 0.160 e. The van der Waals surface area contributed by atoms with Crippen molar-refractivity contribution in [2.45, 2.75) is 0 Å². The normalized spacial score (nSPS) is 11.6. The summed E-state index contributed by atoms with van der Waals surface area (Å²) in [7, 11) is 0. The molecule has 0 unspecified atom stereocenters. The van der Waals surface area contributed by atoms with Gasteiger partial charge in [-0.25, -0.2) is 15.0 Å². The van der Waals surface area contributed by atoms with E-state index < -0.39 is 0 Å². The van der Waals surface area contributed by atoms with Crippen molar-refractivity contribution in [1.82, 2.24) is 15.0 Å². The lowest BCUT2D eigenvalue weighted by Crippen LogP contribution is -1.96. The van der Waals surface area contributed by atoms with Crippen molar-refractivity contribution in [3.8, 4) is 56.3 Å². The van der Waals surface area contributed by atoms with E-state index in [1.54, 1.807) is 0 Å². The van der Waals surface area contributed by atoms with Gasteiger partial charge in [0, 0.05) is 33.0 Å². The first-order valence-corrected chi connectivity index (χ1v) is 18.5. The molecule has 11 aromatic rings. The zero-order valence-electron chi connectivity index (χ0n) is 29.6. The summed E-state index contributed by atoms with van der Waals surface area (Å²) < 4.78 is 6.65. The van der Waals surface area contributed by atoms with Crippen LogP contribution in [0.2, 0.25) is 0 Å². The second-order valence-corrected chi connectivity index (χ2v) is 14.0. The second kappa shape index (κ2) is 12.6. The number of hydrogen-bond acceptors (Lipinski definition) is 4. The highest BCUT2D eigenvalue weighted by atomic mass is 16.3. The number of hydrogen-bond donors (Lipinski definition) is 0. The molecular formula is C51H31N3O. The number of benzene rings is 8. The largest absolute Gasteiger partial charge is 0.455 e. The molecule has 0 aliphatic carbocycles. The van der Waals surface area contributed by atoms with Crippen LogP contribution in [0.25, 0.3) is 111 Å². The van der Waals surface area contributed by atoms with Crippen molar-refractivity contribution in [3.05, 3.63) is 188 Å². The molecule has 0 bridgehead atoms. The average Bonchev–Trinajstić information content (AvgIpc) is 3.66. The van der Waals surface area contributed by atoms with Gasteiger partial charge in [-0.1, -0.05) is 158 Å². The molecule has 0 amide bonds. The Kier molecular flexibility index (Phi) is 7.14. The zero-order chi connectivity index (χ0) is 36.3. The maximum atomic E-state index is 6.65. The third-order valence-electron chi connectivity index (χ3n) is 10.7. The molecule has 0 fully saturated rings. The first-order chi connectivity index (χ1) is 27.2. The van der Waals surface area contributed by atoms with Crippen LogP contribution in [-0.2, 0) is 0 Å². The molecule has 0 N–H and O–H groups in total.